The van der Waals surface area contributed by atoms with Crippen LogP contribution in [0.25, 0.3) is 27.9 Å². The molecule has 0 unspecified atom stereocenters. The number of fused-ring (bicyclic) bond motifs is 1. The van der Waals surface area contributed by atoms with E-state index in [4.69, 9.17) is 4.74 Å². The van der Waals surface area contributed by atoms with E-state index in [1.165, 1.54) is 0 Å². The van der Waals surface area contributed by atoms with Crippen LogP contribution < -0.4 is 10.5 Å². The molecule has 0 bridgehead atoms. The van der Waals surface area contributed by atoms with Gasteiger partial charge in [0.05, 0.1) is 30.8 Å². The van der Waals surface area contributed by atoms with Crippen molar-refractivity contribution in [3.63, 3.8) is 0 Å². The minimum atomic E-state index is -0.0869. The van der Waals surface area contributed by atoms with Gasteiger partial charge in [-0.2, -0.15) is 0 Å². The average molecular weight is 567 g/mol. The van der Waals surface area contributed by atoms with Crippen LogP contribution in [-0.2, 0) is 4.74 Å². The zero-order valence-corrected chi connectivity index (χ0v) is 21.3. The van der Waals surface area contributed by atoms with E-state index >= 15 is 0 Å². The SMILES string of the molecule is CN(C)/C=C(/c1cccc(I)c1)n1ccc(-c2c[nH]c3ncc(N4CCOCC4)cc23)cc1=O. The number of aromatic nitrogens is 3. The van der Waals surface area contributed by atoms with E-state index in [9.17, 15) is 4.79 Å². The summed E-state index contributed by atoms with van der Waals surface area (Å²) in [7, 11) is 3.91. The van der Waals surface area contributed by atoms with Crippen molar-refractivity contribution in [1.82, 2.24) is 19.4 Å². The second kappa shape index (κ2) is 9.63. The number of benzene rings is 1. The number of H-pyrrole nitrogens is 1. The molecule has 1 N–H and O–H groups in total. The minimum absolute atomic E-state index is 0.0869. The van der Waals surface area contributed by atoms with Gasteiger partial charge in [-0.25, -0.2) is 4.98 Å². The number of hydrogen-bond acceptors (Lipinski definition) is 5. The van der Waals surface area contributed by atoms with Gasteiger partial charge in [-0.3, -0.25) is 9.36 Å². The number of aromatic amines is 1. The molecular formula is C26H26IN5O2. The molecule has 1 aliphatic heterocycles. The number of ether oxygens (including phenoxy) is 1. The van der Waals surface area contributed by atoms with Gasteiger partial charge in [-0.15, -0.1) is 0 Å². The first-order chi connectivity index (χ1) is 16.5. The monoisotopic (exact) mass is 567 g/mol. The van der Waals surface area contributed by atoms with Crippen molar-refractivity contribution >= 4 is 45.0 Å². The zero-order valence-electron chi connectivity index (χ0n) is 19.2. The Morgan fingerprint density at radius 1 is 1.18 bits per heavy atom. The van der Waals surface area contributed by atoms with E-state index in [0.29, 0.717) is 0 Å². The number of nitrogens with zero attached hydrogens (tertiary/aromatic N) is 4. The molecule has 4 aromatic rings. The summed E-state index contributed by atoms with van der Waals surface area (Å²) in [5, 5.41) is 1.00. The first-order valence-corrected chi connectivity index (χ1v) is 12.2. The molecule has 0 atom stereocenters. The lowest BCUT2D eigenvalue weighted by Crippen LogP contribution is -2.36. The molecule has 3 aromatic heterocycles. The number of pyridine rings is 2. The lowest BCUT2D eigenvalue weighted by molar-refractivity contribution is 0.122. The maximum absolute atomic E-state index is 13.3. The third kappa shape index (κ3) is 4.60. The molecule has 0 saturated carbocycles. The third-order valence-electron chi connectivity index (χ3n) is 5.88. The number of morpholine rings is 1. The summed E-state index contributed by atoms with van der Waals surface area (Å²) < 4.78 is 8.29. The van der Waals surface area contributed by atoms with Crippen LogP contribution in [0.2, 0.25) is 0 Å². The Kier molecular flexibility index (Phi) is 6.42. The molecular weight excluding hydrogens is 541 g/mol. The highest BCUT2D eigenvalue weighted by Crippen LogP contribution is 2.30. The number of hydrogen-bond donors (Lipinski definition) is 1. The van der Waals surface area contributed by atoms with Gasteiger partial charge < -0.3 is 19.5 Å². The van der Waals surface area contributed by atoms with Gasteiger partial charge in [0, 0.05) is 71.9 Å². The van der Waals surface area contributed by atoms with Crippen LogP contribution >= 0.6 is 22.6 Å². The van der Waals surface area contributed by atoms with Crippen molar-refractivity contribution in [2.45, 2.75) is 0 Å². The molecule has 0 amide bonds. The van der Waals surface area contributed by atoms with Crippen LogP contribution in [0.3, 0.4) is 0 Å². The summed E-state index contributed by atoms with van der Waals surface area (Å²) >= 11 is 2.29. The average Bonchev–Trinajstić information content (AvgIpc) is 3.26. The van der Waals surface area contributed by atoms with E-state index in [1.807, 2.05) is 68.1 Å². The van der Waals surface area contributed by atoms with Gasteiger partial charge in [0.2, 0.25) is 0 Å². The summed E-state index contributed by atoms with van der Waals surface area (Å²) in [5.41, 5.74) is 5.44. The fourth-order valence-electron chi connectivity index (χ4n) is 4.24. The van der Waals surface area contributed by atoms with E-state index < -0.39 is 0 Å². The molecule has 1 fully saturated rings. The molecule has 8 heteroatoms. The van der Waals surface area contributed by atoms with Crippen molar-refractivity contribution in [3.05, 3.63) is 86.7 Å². The first kappa shape index (κ1) is 22.7. The number of halogens is 1. The van der Waals surface area contributed by atoms with E-state index in [-0.39, 0.29) is 5.56 Å². The van der Waals surface area contributed by atoms with Crippen molar-refractivity contribution in [1.29, 1.82) is 0 Å². The van der Waals surface area contributed by atoms with Gasteiger partial charge >= 0.3 is 0 Å². The van der Waals surface area contributed by atoms with Crippen LogP contribution in [0.5, 0.6) is 0 Å². The smallest absolute Gasteiger partial charge is 0.255 e. The van der Waals surface area contributed by atoms with Crippen molar-refractivity contribution < 1.29 is 4.74 Å². The number of anilines is 1. The molecule has 0 spiro atoms. The highest BCUT2D eigenvalue weighted by atomic mass is 127. The quantitative estimate of drug-likeness (QED) is 0.366. The summed E-state index contributed by atoms with van der Waals surface area (Å²) in [5.74, 6) is 0. The van der Waals surface area contributed by atoms with Crippen LogP contribution in [0, 0.1) is 3.57 Å². The van der Waals surface area contributed by atoms with Gasteiger partial charge in [-0.05, 0) is 52.4 Å². The maximum Gasteiger partial charge on any atom is 0.255 e. The fraction of sp³-hybridized carbons (Fsp3) is 0.231. The van der Waals surface area contributed by atoms with Gasteiger partial charge in [0.15, 0.2) is 0 Å². The van der Waals surface area contributed by atoms with Crippen LogP contribution in [-0.4, -0.2) is 59.8 Å². The van der Waals surface area contributed by atoms with Gasteiger partial charge in [0.1, 0.15) is 5.65 Å². The maximum atomic E-state index is 13.3. The molecule has 5 rings (SSSR count). The van der Waals surface area contributed by atoms with Crippen molar-refractivity contribution in [2.24, 2.45) is 0 Å². The fourth-order valence-corrected chi connectivity index (χ4v) is 4.78. The molecule has 34 heavy (non-hydrogen) atoms. The van der Waals surface area contributed by atoms with Crippen LogP contribution in [0.4, 0.5) is 5.69 Å². The zero-order chi connectivity index (χ0) is 23.7. The summed E-state index contributed by atoms with van der Waals surface area (Å²) in [4.78, 5) is 25.4. The Labute approximate surface area is 211 Å². The normalized spacial score (nSPS) is 14.6. The van der Waals surface area contributed by atoms with E-state index in [1.54, 1.807) is 10.6 Å². The van der Waals surface area contributed by atoms with Crippen LogP contribution in [0.1, 0.15) is 5.56 Å². The molecule has 1 aliphatic rings. The predicted octanol–water partition coefficient (Wildman–Crippen LogP) is 4.24. The standard InChI is InChI=1S/C26H26IN5O2/c1-30(2)17-24(19-4-3-5-20(27)12-19)32-7-6-18(13-25(32)33)23-16-29-26-22(23)14-21(15-28-26)31-8-10-34-11-9-31/h3-7,12-17H,8-11H2,1-2H3,(H,28,29)/b24-17-. The van der Waals surface area contributed by atoms with E-state index in [0.717, 1.165) is 69.0 Å². The van der Waals surface area contributed by atoms with Gasteiger partial charge in [0.25, 0.3) is 5.56 Å². The summed E-state index contributed by atoms with van der Waals surface area (Å²) in [6.45, 7) is 3.14. The molecule has 7 nitrogen and oxygen atoms in total. The highest BCUT2D eigenvalue weighted by Gasteiger charge is 2.16. The molecule has 1 aromatic carbocycles. The molecule has 4 heterocycles. The molecule has 1 saturated heterocycles. The van der Waals surface area contributed by atoms with Crippen molar-refractivity contribution in [3.8, 4) is 11.1 Å². The Morgan fingerprint density at radius 2 is 2.00 bits per heavy atom. The minimum Gasteiger partial charge on any atom is -0.382 e. The Morgan fingerprint density at radius 3 is 2.74 bits per heavy atom. The third-order valence-corrected chi connectivity index (χ3v) is 6.55. The van der Waals surface area contributed by atoms with Crippen LogP contribution in [0.15, 0.2) is 72.0 Å². The lowest BCUT2D eigenvalue weighted by atomic mass is 10.1. The Hall–Kier alpha value is -3.11. The second-order valence-electron chi connectivity index (χ2n) is 8.50. The molecule has 0 radical (unpaired) electrons. The molecule has 0 aliphatic carbocycles. The van der Waals surface area contributed by atoms with E-state index in [2.05, 4.69) is 49.6 Å². The second-order valence-corrected chi connectivity index (χ2v) is 9.75. The number of nitrogens with one attached hydrogen (secondary N) is 1. The first-order valence-electron chi connectivity index (χ1n) is 11.2. The highest BCUT2D eigenvalue weighted by molar-refractivity contribution is 14.1. The summed E-state index contributed by atoms with van der Waals surface area (Å²) in [6.07, 6.45) is 7.64. The largest absolute Gasteiger partial charge is 0.382 e. The lowest BCUT2D eigenvalue weighted by Gasteiger charge is -2.28. The summed E-state index contributed by atoms with van der Waals surface area (Å²) in [6, 6.07) is 14.0. The Bertz CT molecular complexity index is 1420. The topological polar surface area (TPSA) is 66.4 Å². The van der Waals surface area contributed by atoms with Crippen molar-refractivity contribution in [2.75, 3.05) is 45.3 Å². The predicted molar refractivity (Wildman–Crippen MR) is 145 cm³/mol. The Balaban J connectivity index is 1.55. The number of rotatable bonds is 5. The van der Waals surface area contributed by atoms with Gasteiger partial charge in [-0.1, -0.05) is 12.1 Å². The molecule has 174 valence electrons.